The molecule has 0 spiro atoms. The van der Waals surface area contributed by atoms with Crippen molar-refractivity contribution in [3.63, 3.8) is 0 Å². The van der Waals surface area contributed by atoms with Crippen molar-refractivity contribution < 1.29 is 9.90 Å². The van der Waals surface area contributed by atoms with Crippen LogP contribution in [0.5, 0.6) is 0 Å². The number of hydrogen-bond acceptors (Lipinski definition) is 4. The number of halogens is 3. The maximum atomic E-state index is 12.1. The number of aliphatic hydroxyl groups is 1. The van der Waals surface area contributed by atoms with E-state index >= 15 is 0 Å². The van der Waals surface area contributed by atoms with Crippen molar-refractivity contribution in [2.75, 3.05) is 13.1 Å². The molecule has 2 atom stereocenters. The zero-order chi connectivity index (χ0) is 13.1. The van der Waals surface area contributed by atoms with E-state index in [0.717, 1.165) is 12.8 Å². The summed E-state index contributed by atoms with van der Waals surface area (Å²) in [5, 5.41) is 10.4. The first-order valence-corrected chi connectivity index (χ1v) is 6.31. The van der Waals surface area contributed by atoms with E-state index in [2.05, 4.69) is 4.98 Å². The van der Waals surface area contributed by atoms with Gasteiger partial charge in [0.15, 0.2) is 0 Å². The second-order valence-corrected chi connectivity index (χ2v) is 4.81. The van der Waals surface area contributed by atoms with E-state index < -0.39 is 12.1 Å². The van der Waals surface area contributed by atoms with Crippen molar-refractivity contribution >= 4 is 42.3 Å². The third-order valence-corrected chi connectivity index (χ3v) is 3.48. The van der Waals surface area contributed by atoms with Gasteiger partial charge in [-0.05, 0) is 18.9 Å². The first kappa shape index (κ1) is 19.4. The van der Waals surface area contributed by atoms with E-state index in [1.54, 1.807) is 11.0 Å². The Bertz CT molecular complexity index is 442. The third-order valence-electron chi connectivity index (χ3n) is 3.17. The molecule has 20 heavy (non-hydrogen) atoms. The number of amides is 1. The lowest BCUT2D eigenvalue weighted by atomic mass is 10.0. The molecule has 0 aliphatic carbocycles. The van der Waals surface area contributed by atoms with Crippen LogP contribution in [0.1, 0.15) is 24.5 Å². The highest BCUT2D eigenvalue weighted by Crippen LogP contribution is 2.24. The Morgan fingerprint density at radius 2 is 2.00 bits per heavy atom. The van der Waals surface area contributed by atoms with Crippen molar-refractivity contribution in [3.05, 3.63) is 29.0 Å². The van der Waals surface area contributed by atoms with Gasteiger partial charge >= 0.3 is 0 Å². The smallest absolute Gasteiger partial charge is 0.242 e. The van der Waals surface area contributed by atoms with Crippen LogP contribution in [0, 0.1) is 0 Å². The Labute approximate surface area is 135 Å². The lowest BCUT2D eigenvalue weighted by Gasteiger charge is -2.24. The fourth-order valence-electron chi connectivity index (χ4n) is 2.10. The number of nitrogens with zero attached hydrogens (tertiary/aromatic N) is 2. The lowest BCUT2D eigenvalue weighted by Crippen LogP contribution is -2.45. The monoisotopic (exact) mass is 341 g/mol. The molecule has 1 amide bonds. The van der Waals surface area contributed by atoms with Gasteiger partial charge in [-0.3, -0.25) is 9.78 Å². The second kappa shape index (κ2) is 8.64. The molecule has 114 valence electrons. The predicted molar refractivity (Wildman–Crippen MR) is 82.5 cm³/mol. The SMILES string of the molecule is Cl.Cl.NC(C(=O)N1CCCC1)C(O)c1ccncc1Cl. The summed E-state index contributed by atoms with van der Waals surface area (Å²) in [4.78, 5) is 17.6. The number of likely N-dealkylation sites (tertiary alicyclic amines) is 1. The highest BCUT2D eigenvalue weighted by molar-refractivity contribution is 6.31. The number of carbonyl (C=O) groups excluding carboxylic acids is 1. The Kier molecular flexibility index (Phi) is 8.39. The molecule has 0 bridgehead atoms. The van der Waals surface area contributed by atoms with Crippen molar-refractivity contribution in [1.82, 2.24) is 9.88 Å². The number of hydrogen-bond donors (Lipinski definition) is 2. The molecule has 1 saturated heterocycles. The first-order valence-electron chi connectivity index (χ1n) is 5.93. The van der Waals surface area contributed by atoms with Crippen molar-refractivity contribution in [3.8, 4) is 0 Å². The summed E-state index contributed by atoms with van der Waals surface area (Å²) in [5.41, 5.74) is 6.26. The van der Waals surface area contributed by atoms with E-state index in [1.807, 2.05) is 0 Å². The maximum Gasteiger partial charge on any atom is 0.242 e. The molecule has 1 aliphatic heterocycles. The van der Waals surface area contributed by atoms with Gasteiger partial charge < -0.3 is 15.7 Å². The van der Waals surface area contributed by atoms with Crippen LogP contribution in [0.3, 0.4) is 0 Å². The fraction of sp³-hybridized carbons (Fsp3) is 0.500. The average Bonchev–Trinajstić information content (AvgIpc) is 2.90. The van der Waals surface area contributed by atoms with Gasteiger partial charge in [0.2, 0.25) is 5.91 Å². The maximum absolute atomic E-state index is 12.1. The second-order valence-electron chi connectivity index (χ2n) is 4.40. The number of rotatable bonds is 3. The summed E-state index contributed by atoms with van der Waals surface area (Å²) in [6.07, 6.45) is 3.81. The standard InChI is InChI=1S/C12H16ClN3O2.2ClH/c13-9-7-15-4-3-8(9)11(17)10(14)12(18)16-5-1-2-6-16;;/h3-4,7,10-11,17H,1-2,5-6,14H2;2*1H. The molecule has 2 rings (SSSR count). The van der Waals surface area contributed by atoms with E-state index in [0.29, 0.717) is 23.7 Å². The third kappa shape index (κ3) is 4.20. The minimum Gasteiger partial charge on any atom is -0.386 e. The van der Waals surface area contributed by atoms with Crippen LogP contribution in [0.25, 0.3) is 0 Å². The molecule has 1 aromatic rings. The molecule has 8 heteroatoms. The van der Waals surface area contributed by atoms with E-state index in [-0.39, 0.29) is 30.7 Å². The van der Waals surface area contributed by atoms with E-state index in [9.17, 15) is 9.90 Å². The van der Waals surface area contributed by atoms with Gasteiger partial charge in [-0.15, -0.1) is 24.8 Å². The van der Waals surface area contributed by atoms with Gasteiger partial charge in [0.05, 0.1) is 5.02 Å². The highest BCUT2D eigenvalue weighted by atomic mass is 35.5. The van der Waals surface area contributed by atoms with Gasteiger partial charge in [0.25, 0.3) is 0 Å². The van der Waals surface area contributed by atoms with Crippen LogP contribution in [0.15, 0.2) is 18.5 Å². The van der Waals surface area contributed by atoms with Gasteiger partial charge in [-0.2, -0.15) is 0 Å². The fourth-order valence-corrected chi connectivity index (χ4v) is 2.33. The number of pyridine rings is 1. The molecule has 0 saturated carbocycles. The summed E-state index contributed by atoms with van der Waals surface area (Å²) >= 11 is 5.92. The summed E-state index contributed by atoms with van der Waals surface area (Å²) in [7, 11) is 0. The van der Waals surface area contributed by atoms with Crippen LogP contribution < -0.4 is 5.73 Å². The van der Waals surface area contributed by atoms with Gasteiger partial charge in [-0.1, -0.05) is 11.6 Å². The average molecular weight is 343 g/mol. The topological polar surface area (TPSA) is 79.5 Å². The molecule has 5 nitrogen and oxygen atoms in total. The van der Waals surface area contributed by atoms with E-state index in [4.69, 9.17) is 17.3 Å². The lowest BCUT2D eigenvalue weighted by molar-refractivity contribution is -0.134. The van der Waals surface area contributed by atoms with Crippen LogP contribution in [-0.4, -0.2) is 40.0 Å². The summed E-state index contributed by atoms with van der Waals surface area (Å²) < 4.78 is 0. The van der Waals surface area contributed by atoms with Crippen LogP contribution in [-0.2, 0) is 4.79 Å². The summed E-state index contributed by atoms with van der Waals surface area (Å²) in [6, 6.07) is 0.590. The normalized spacial score (nSPS) is 16.9. The van der Waals surface area contributed by atoms with Crippen LogP contribution in [0.2, 0.25) is 5.02 Å². The Balaban J connectivity index is 0.00000180. The predicted octanol–water partition coefficient (Wildman–Crippen LogP) is 1.56. The minimum absolute atomic E-state index is 0. The largest absolute Gasteiger partial charge is 0.386 e. The zero-order valence-corrected chi connectivity index (χ0v) is 13.1. The Morgan fingerprint density at radius 3 is 2.55 bits per heavy atom. The van der Waals surface area contributed by atoms with Crippen molar-refractivity contribution in [2.24, 2.45) is 5.73 Å². The molecule has 2 unspecified atom stereocenters. The molecule has 0 radical (unpaired) electrons. The zero-order valence-electron chi connectivity index (χ0n) is 10.7. The number of aromatic nitrogens is 1. The summed E-state index contributed by atoms with van der Waals surface area (Å²) in [6.45, 7) is 1.42. The number of aliphatic hydroxyl groups excluding tert-OH is 1. The molecular weight excluding hydrogens is 325 g/mol. The van der Waals surface area contributed by atoms with Crippen molar-refractivity contribution in [2.45, 2.75) is 25.0 Å². The molecule has 1 fully saturated rings. The molecule has 3 N–H and O–H groups in total. The van der Waals surface area contributed by atoms with Gasteiger partial charge in [-0.25, -0.2) is 0 Å². The van der Waals surface area contributed by atoms with Gasteiger partial charge in [0, 0.05) is 31.0 Å². The number of carbonyl (C=O) groups is 1. The molecule has 1 aromatic heterocycles. The number of nitrogens with two attached hydrogens (primary N) is 1. The quantitative estimate of drug-likeness (QED) is 0.873. The van der Waals surface area contributed by atoms with Crippen LogP contribution in [0.4, 0.5) is 0 Å². The first-order chi connectivity index (χ1) is 8.61. The highest BCUT2D eigenvalue weighted by Gasteiger charge is 2.30. The Hall–Kier alpha value is -0.590. The van der Waals surface area contributed by atoms with Gasteiger partial charge in [0.1, 0.15) is 12.1 Å². The molecule has 2 heterocycles. The molecule has 1 aliphatic rings. The minimum atomic E-state index is -1.10. The van der Waals surface area contributed by atoms with E-state index in [1.165, 1.54) is 12.4 Å². The molecule has 0 aromatic carbocycles. The van der Waals surface area contributed by atoms with Crippen molar-refractivity contribution in [1.29, 1.82) is 0 Å². The molecular formula is C12H18Cl3N3O2. The van der Waals surface area contributed by atoms with Crippen LogP contribution >= 0.6 is 36.4 Å². The Morgan fingerprint density at radius 1 is 1.40 bits per heavy atom. The summed E-state index contributed by atoms with van der Waals surface area (Å²) in [5.74, 6) is -0.229.